The van der Waals surface area contributed by atoms with Crippen LogP contribution in [0, 0.1) is 0 Å². The molecule has 0 fully saturated rings. The van der Waals surface area contributed by atoms with E-state index in [4.69, 9.17) is 14.2 Å². The summed E-state index contributed by atoms with van der Waals surface area (Å²) in [4.78, 5) is 16.0. The molecule has 0 spiro atoms. The summed E-state index contributed by atoms with van der Waals surface area (Å²) >= 11 is 0. The maximum absolute atomic E-state index is 11.4. The van der Waals surface area contributed by atoms with Gasteiger partial charge in [-0.05, 0) is 22.8 Å². The van der Waals surface area contributed by atoms with Crippen LogP contribution >= 0.6 is 0 Å². The second-order valence-electron chi connectivity index (χ2n) is 7.32. The fraction of sp³-hybridized carbons (Fsp3) is 0.154. The molecule has 0 saturated carbocycles. The number of imidazole rings is 1. The molecule has 0 aliphatic heterocycles. The molecule has 0 N–H and O–H groups in total. The van der Waals surface area contributed by atoms with Crippen molar-refractivity contribution in [3.63, 3.8) is 0 Å². The molecule has 0 bridgehead atoms. The molecule has 7 nitrogen and oxygen atoms in total. The second kappa shape index (κ2) is 11.2. The monoisotopic (exact) mass is 466 g/mol. The number of carboxylic acid groups (broad SMARTS) is 1. The predicted molar refractivity (Wildman–Crippen MR) is 123 cm³/mol. The number of hydrogen-bond acceptors (Lipinski definition) is 6. The van der Waals surface area contributed by atoms with Gasteiger partial charge in [0.2, 0.25) is 0 Å². The van der Waals surface area contributed by atoms with Crippen LogP contribution in [0.25, 0.3) is 22.5 Å². The Hall–Kier alpha value is -3.26. The van der Waals surface area contributed by atoms with E-state index in [0.29, 0.717) is 29.4 Å². The molecule has 4 rings (SSSR count). The van der Waals surface area contributed by atoms with Crippen LogP contribution in [-0.2, 0) is 6.54 Å². The van der Waals surface area contributed by atoms with Crippen LogP contribution in [0.2, 0.25) is 0 Å². The smallest absolute Gasteiger partial charge is 0.545 e. The van der Waals surface area contributed by atoms with Gasteiger partial charge in [-0.1, -0.05) is 48.5 Å². The minimum Gasteiger partial charge on any atom is -0.545 e. The molecular formula is C26H23N2NaO5. The molecule has 0 atom stereocenters. The van der Waals surface area contributed by atoms with Gasteiger partial charge in [0.25, 0.3) is 0 Å². The zero-order chi connectivity index (χ0) is 23.4. The molecule has 168 valence electrons. The first-order valence-electron chi connectivity index (χ1n) is 10.3. The topological polar surface area (TPSA) is 85.6 Å². The predicted octanol–water partition coefficient (Wildman–Crippen LogP) is 0.659. The first-order valence-corrected chi connectivity index (χ1v) is 10.3. The first-order chi connectivity index (χ1) is 16.0. The average Bonchev–Trinajstić information content (AvgIpc) is 3.31. The van der Waals surface area contributed by atoms with Gasteiger partial charge in [0, 0.05) is 30.6 Å². The fourth-order valence-electron chi connectivity index (χ4n) is 3.78. The van der Waals surface area contributed by atoms with Crippen molar-refractivity contribution in [2.24, 2.45) is 0 Å². The molecule has 0 saturated heterocycles. The van der Waals surface area contributed by atoms with E-state index in [1.165, 1.54) is 0 Å². The van der Waals surface area contributed by atoms with Crippen molar-refractivity contribution >= 4 is 5.97 Å². The largest absolute Gasteiger partial charge is 1.00 e. The molecule has 0 unspecified atom stereocenters. The van der Waals surface area contributed by atoms with Crippen molar-refractivity contribution in [2.45, 2.75) is 6.54 Å². The number of methoxy groups -OCH3 is 3. The number of carboxylic acids is 1. The number of aromatic nitrogens is 2. The molecule has 0 aliphatic rings. The Morgan fingerprint density at radius 2 is 1.53 bits per heavy atom. The summed E-state index contributed by atoms with van der Waals surface area (Å²) in [5, 5.41) is 11.4. The molecule has 4 aromatic rings. The van der Waals surface area contributed by atoms with Crippen molar-refractivity contribution < 1.29 is 53.7 Å². The van der Waals surface area contributed by atoms with Crippen LogP contribution in [0.5, 0.6) is 17.2 Å². The average molecular weight is 466 g/mol. The van der Waals surface area contributed by atoms with E-state index in [1.807, 2.05) is 47.2 Å². The molecule has 0 aliphatic carbocycles. The van der Waals surface area contributed by atoms with Crippen LogP contribution in [0.1, 0.15) is 15.9 Å². The van der Waals surface area contributed by atoms with Gasteiger partial charge < -0.3 is 28.7 Å². The summed E-state index contributed by atoms with van der Waals surface area (Å²) in [6, 6.07) is 18.2. The van der Waals surface area contributed by atoms with E-state index >= 15 is 0 Å². The summed E-state index contributed by atoms with van der Waals surface area (Å²) in [5.41, 5.74) is 3.42. The minimum absolute atomic E-state index is 0. The van der Waals surface area contributed by atoms with Gasteiger partial charge in [0.05, 0.1) is 32.9 Å². The second-order valence-corrected chi connectivity index (χ2v) is 7.32. The molecule has 1 heterocycles. The number of carbonyl (C=O) groups excluding carboxylic acids is 1. The SMILES string of the molecule is COc1cc(OC)c(-c2nccn2Cc2ccc(-c3ccccc3C(=O)[O-])cc2)cc1OC.[Na+]. The van der Waals surface area contributed by atoms with Crippen LogP contribution in [0.3, 0.4) is 0 Å². The Balaban J connectivity index is 0.00000324. The summed E-state index contributed by atoms with van der Waals surface area (Å²) in [7, 11) is 4.76. The van der Waals surface area contributed by atoms with E-state index in [-0.39, 0.29) is 35.1 Å². The summed E-state index contributed by atoms with van der Waals surface area (Å²) in [5.74, 6) is 1.30. The van der Waals surface area contributed by atoms with Crippen molar-refractivity contribution in [1.29, 1.82) is 0 Å². The molecular weight excluding hydrogens is 443 g/mol. The van der Waals surface area contributed by atoms with E-state index in [9.17, 15) is 9.90 Å². The number of benzene rings is 3. The fourth-order valence-corrected chi connectivity index (χ4v) is 3.78. The Bertz CT molecular complexity index is 1280. The van der Waals surface area contributed by atoms with Crippen LogP contribution < -0.4 is 48.9 Å². The molecule has 0 radical (unpaired) electrons. The maximum atomic E-state index is 11.4. The van der Waals surface area contributed by atoms with Crippen molar-refractivity contribution in [2.75, 3.05) is 21.3 Å². The summed E-state index contributed by atoms with van der Waals surface area (Å²) < 4.78 is 18.4. The van der Waals surface area contributed by atoms with Gasteiger partial charge in [-0.2, -0.15) is 0 Å². The Labute approximate surface area is 220 Å². The third-order valence-corrected chi connectivity index (χ3v) is 5.43. The zero-order valence-electron chi connectivity index (χ0n) is 19.6. The van der Waals surface area contributed by atoms with Gasteiger partial charge in [-0.3, -0.25) is 0 Å². The zero-order valence-corrected chi connectivity index (χ0v) is 21.6. The Morgan fingerprint density at radius 3 is 2.18 bits per heavy atom. The normalized spacial score (nSPS) is 10.3. The number of carbonyl (C=O) groups is 1. The van der Waals surface area contributed by atoms with Crippen molar-refractivity contribution in [1.82, 2.24) is 9.55 Å². The Kier molecular flexibility index (Phi) is 8.39. The van der Waals surface area contributed by atoms with Gasteiger partial charge in [0.1, 0.15) is 11.6 Å². The number of nitrogens with zero attached hydrogens (tertiary/aromatic N) is 2. The molecule has 1 aromatic heterocycles. The van der Waals surface area contributed by atoms with E-state index in [0.717, 1.165) is 22.5 Å². The molecule has 34 heavy (non-hydrogen) atoms. The summed E-state index contributed by atoms with van der Waals surface area (Å²) in [6.45, 7) is 0.565. The molecule has 3 aromatic carbocycles. The van der Waals surface area contributed by atoms with E-state index < -0.39 is 5.97 Å². The maximum Gasteiger partial charge on any atom is 1.00 e. The standard InChI is InChI=1S/C26H24N2O5.Na/c1-31-22-15-24(33-3)23(32-2)14-21(22)25-27-12-13-28(25)16-17-8-10-18(11-9-17)19-6-4-5-7-20(19)26(29)30;/h4-15H,16H2,1-3H3,(H,29,30);/q;+1/p-1. The quantitative estimate of drug-likeness (QED) is 0.355. The molecule has 8 heteroatoms. The van der Waals surface area contributed by atoms with Crippen LogP contribution in [0.4, 0.5) is 0 Å². The third-order valence-electron chi connectivity index (χ3n) is 5.43. The van der Waals surface area contributed by atoms with Crippen LogP contribution in [-0.4, -0.2) is 36.8 Å². The van der Waals surface area contributed by atoms with E-state index in [1.54, 1.807) is 51.8 Å². The van der Waals surface area contributed by atoms with Gasteiger partial charge in [-0.15, -0.1) is 0 Å². The number of aromatic carboxylic acids is 1. The first kappa shape index (κ1) is 25.4. The third kappa shape index (κ3) is 5.12. The minimum atomic E-state index is -1.19. The van der Waals surface area contributed by atoms with Gasteiger partial charge in [0.15, 0.2) is 11.5 Å². The van der Waals surface area contributed by atoms with Crippen molar-refractivity contribution in [3.05, 3.63) is 84.2 Å². The summed E-state index contributed by atoms with van der Waals surface area (Å²) in [6.07, 6.45) is 3.63. The van der Waals surface area contributed by atoms with Gasteiger partial charge >= 0.3 is 29.6 Å². The van der Waals surface area contributed by atoms with E-state index in [2.05, 4.69) is 4.98 Å². The number of ether oxygens (including phenoxy) is 3. The Morgan fingerprint density at radius 1 is 0.882 bits per heavy atom. The van der Waals surface area contributed by atoms with Crippen molar-refractivity contribution in [3.8, 4) is 39.8 Å². The number of hydrogen-bond donors (Lipinski definition) is 0. The molecule has 0 amide bonds. The number of rotatable bonds is 8. The van der Waals surface area contributed by atoms with Crippen LogP contribution in [0.15, 0.2) is 73.1 Å². The van der Waals surface area contributed by atoms with Gasteiger partial charge in [-0.25, -0.2) is 4.98 Å².